The third kappa shape index (κ3) is 2.82. The molecule has 0 radical (unpaired) electrons. The van der Waals surface area contributed by atoms with Gasteiger partial charge in [-0.2, -0.15) is 0 Å². The summed E-state index contributed by atoms with van der Waals surface area (Å²) >= 11 is 1.62. The van der Waals surface area contributed by atoms with Crippen LogP contribution in [0.1, 0.15) is 22.1 Å². The van der Waals surface area contributed by atoms with Gasteiger partial charge in [-0.25, -0.2) is 0 Å². The fourth-order valence-corrected chi connectivity index (χ4v) is 2.17. The first-order valence-corrected chi connectivity index (χ1v) is 4.93. The average Bonchev–Trinajstić information content (AvgIpc) is 2.47. The predicted molar refractivity (Wildman–Crippen MR) is 53.1 cm³/mol. The third-order valence-corrected chi connectivity index (χ3v) is 3.03. The third-order valence-electron chi connectivity index (χ3n) is 1.87. The van der Waals surface area contributed by atoms with Gasteiger partial charge in [-0.05, 0) is 19.1 Å². The van der Waals surface area contributed by atoms with Gasteiger partial charge in [0.05, 0.1) is 6.42 Å². The Bertz CT molecular complexity index is 296. The maximum atomic E-state index is 10.5. The average molecular weight is 199 g/mol. The molecule has 0 fully saturated rings. The SMILES string of the molecule is Cc1ccc([C@H](CN)CC(=O)O)s1. The molecule has 72 valence electrons. The first-order valence-electron chi connectivity index (χ1n) is 4.11. The normalized spacial score (nSPS) is 12.8. The van der Waals surface area contributed by atoms with Gasteiger partial charge in [0.1, 0.15) is 0 Å². The van der Waals surface area contributed by atoms with Crippen molar-refractivity contribution in [3.8, 4) is 0 Å². The van der Waals surface area contributed by atoms with Crippen molar-refractivity contribution in [3.63, 3.8) is 0 Å². The van der Waals surface area contributed by atoms with Gasteiger partial charge in [0.2, 0.25) is 0 Å². The van der Waals surface area contributed by atoms with Gasteiger partial charge in [-0.3, -0.25) is 4.79 Å². The maximum Gasteiger partial charge on any atom is 0.304 e. The summed E-state index contributed by atoms with van der Waals surface area (Å²) in [5, 5.41) is 8.63. The van der Waals surface area contributed by atoms with E-state index in [9.17, 15) is 4.79 Å². The second kappa shape index (κ2) is 4.39. The van der Waals surface area contributed by atoms with E-state index in [-0.39, 0.29) is 12.3 Å². The van der Waals surface area contributed by atoms with Crippen molar-refractivity contribution in [1.82, 2.24) is 0 Å². The highest BCUT2D eigenvalue weighted by atomic mass is 32.1. The number of thiophene rings is 1. The lowest BCUT2D eigenvalue weighted by Crippen LogP contribution is -2.15. The number of hydrogen-bond donors (Lipinski definition) is 2. The van der Waals surface area contributed by atoms with E-state index in [2.05, 4.69) is 0 Å². The summed E-state index contributed by atoms with van der Waals surface area (Å²) in [4.78, 5) is 12.8. The molecule has 0 bridgehead atoms. The van der Waals surface area contributed by atoms with Gasteiger partial charge in [-0.15, -0.1) is 11.3 Å². The van der Waals surface area contributed by atoms with Crippen molar-refractivity contribution >= 4 is 17.3 Å². The van der Waals surface area contributed by atoms with Crippen LogP contribution in [-0.4, -0.2) is 17.6 Å². The molecule has 0 spiro atoms. The van der Waals surface area contributed by atoms with Gasteiger partial charge >= 0.3 is 5.97 Å². The molecule has 3 nitrogen and oxygen atoms in total. The van der Waals surface area contributed by atoms with Gasteiger partial charge in [0.15, 0.2) is 0 Å². The monoisotopic (exact) mass is 199 g/mol. The zero-order valence-corrected chi connectivity index (χ0v) is 8.30. The van der Waals surface area contributed by atoms with Gasteiger partial charge in [0, 0.05) is 22.2 Å². The molecule has 1 heterocycles. The number of aryl methyl sites for hydroxylation is 1. The number of rotatable bonds is 4. The molecule has 0 aliphatic rings. The maximum absolute atomic E-state index is 10.5. The Labute approximate surface area is 81.2 Å². The first kappa shape index (κ1) is 10.2. The highest BCUT2D eigenvalue weighted by Gasteiger charge is 2.15. The van der Waals surface area contributed by atoms with E-state index >= 15 is 0 Å². The van der Waals surface area contributed by atoms with Crippen LogP contribution in [0.4, 0.5) is 0 Å². The second-order valence-electron chi connectivity index (χ2n) is 2.98. The van der Waals surface area contributed by atoms with E-state index in [4.69, 9.17) is 10.8 Å². The van der Waals surface area contributed by atoms with Gasteiger partial charge in [-0.1, -0.05) is 0 Å². The highest BCUT2D eigenvalue weighted by molar-refractivity contribution is 7.12. The summed E-state index contributed by atoms with van der Waals surface area (Å²) in [6, 6.07) is 3.95. The number of nitrogens with two attached hydrogens (primary N) is 1. The summed E-state index contributed by atoms with van der Waals surface area (Å²) in [5.74, 6) is -0.822. The number of hydrogen-bond acceptors (Lipinski definition) is 3. The van der Waals surface area contributed by atoms with E-state index in [1.807, 2.05) is 19.1 Å². The van der Waals surface area contributed by atoms with Crippen molar-refractivity contribution in [2.45, 2.75) is 19.3 Å². The Morgan fingerprint density at radius 1 is 1.69 bits per heavy atom. The Balaban J connectivity index is 2.72. The van der Waals surface area contributed by atoms with E-state index in [0.29, 0.717) is 6.54 Å². The zero-order chi connectivity index (χ0) is 9.84. The zero-order valence-electron chi connectivity index (χ0n) is 7.49. The van der Waals surface area contributed by atoms with Crippen molar-refractivity contribution in [2.24, 2.45) is 5.73 Å². The molecule has 0 aliphatic heterocycles. The van der Waals surface area contributed by atoms with Crippen LogP contribution in [0, 0.1) is 6.92 Å². The largest absolute Gasteiger partial charge is 0.481 e. The molecule has 0 amide bonds. The molecule has 0 unspecified atom stereocenters. The molecule has 0 saturated carbocycles. The number of carboxylic acids is 1. The Kier molecular flexibility index (Phi) is 3.45. The van der Waals surface area contributed by atoms with Crippen LogP contribution in [0.25, 0.3) is 0 Å². The lowest BCUT2D eigenvalue weighted by Gasteiger charge is -2.08. The van der Waals surface area contributed by atoms with Crippen molar-refractivity contribution in [1.29, 1.82) is 0 Å². The van der Waals surface area contributed by atoms with Gasteiger partial charge < -0.3 is 10.8 Å². The smallest absolute Gasteiger partial charge is 0.304 e. The van der Waals surface area contributed by atoms with Gasteiger partial charge in [0.25, 0.3) is 0 Å². The molecular formula is C9H13NO2S. The van der Waals surface area contributed by atoms with Crippen LogP contribution in [0.5, 0.6) is 0 Å². The molecule has 0 saturated heterocycles. The van der Waals surface area contributed by atoms with Crippen LogP contribution in [0.2, 0.25) is 0 Å². The highest BCUT2D eigenvalue weighted by Crippen LogP contribution is 2.26. The quantitative estimate of drug-likeness (QED) is 0.773. The molecule has 1 rings (SSSR count). The van der Waals surface area contributed by atoms with Crippen molar-refractivity contribution in [2.75, 3.05) is 6.54 Å². The van der Waals surface area contributed by atoms with E-state index in [1.165, 1.54) is 4.88 Å². The summed E-state index contributed by atoms with van der Waals surface area (Å²) in [5.41, 5.74) is 5.51. The Hall–Kier alpha value is -0.870. The van der Waals surface area contributed by atoms with Crippen LogP contribution in [0.15, 0.2) is 12.1 Å². The molecule has 1 aromatic rings. The summed E-state index contributed by atoms with van der Waals surface area (Å²) < 4.78 is 0. The lowest BCUT2D eigenvalue weighted by molar-refractivity contribution is -0.137. The van der Waals surface area contributed by atoms with Crippen LogP contribution in [-0.2, 0) is 4.79 Å². The van der Waals surface area contributed by atoms with E-state index in [1.54, 1.807) is 11.3 Å². The Morgan fingerprint density at radius 2 is 2.38 bits per heavy atom. The molecule has 0 aliphatic carbocycles. The summed E-state index contributed by atoms with van der Waals surface area (Å²) in [6.07, 6.45) is 0.121. The molecule has 3 N–H and O–H groups in total. The fraction of sp³-hybridized carbons (Fsp3) is 0.444. The summed E-state index contributed by atoms with van der Waals surface area (Å²) in [6.45, 7) is 2.40. The minimum atomic E-state index is -0.790. The van der Waals surface area contributed by atoms with E-state index < -0.39 is 5.97 Å². The number of carbonyl (C=O) groups is 1. The minimum Gasteiger partial charge on any atom is -0.481 e. The fourth-order valence-electron chi connectivity index (χ4n) is 1.18. The van der Waals surface area contributed by atoms with Crippen LogP contribution in [0.3, 0.4) is 0 Å². The number of carboxylic acid groups (broad SMARTS) is 1. The first-order chi connectivity index (χ1) is 6.13. The number of aliphatic carboxylic acids is 1. The second-order valence-corrected chi connectivity index (χ2v) is 4.30. The topological polar surface area (TPSA) is 63.3 Å². The van der Waals surface area contributed by atoms with Crippen molar-refractivity contribution < 1.29 is 9.90 Å². The minimum absolute atomic E-state index is 0.0313. The van der Waals surface area contributed by atoms with E-state index in [0.717, 1.165) is 4.88 Å². The molecule has 1 aromatic heterocycles. The predicted octanol–water partition coefficient (Wildman–Crippen LogP) is 1.57. The summed E-state index contributed by atoms with van der Waals surface area (Å²) in [7, 11) is 0. The molecule has 4 heteroatoms. The van der Waals surface area contributed by atoms with Crippen LogP contribution >= 0.6 is 11.3 Å². The van der Waals surface area contributed by atoms with Crippen LogP contribution < -0.4 is 5.73 Å². The lowest BCUT2D eigenvalue weighted by atomic mass is 10.0. The molecular weight excluding hydrogens is 186 g/mol. The Morgan fingerprint density at radius 3 is 2.77 bits per heavy atom. The molecule has 0 aromatic carbocycles. The van der Waals surface area contributed by atoms with Crippen molar-refractivity contribution in [3.05, 3.63) is 21.9 Å². The molecule has 1 atom stereocenters. The standard InChI is InChI=1S/C9H13NO2S/c1-6-2-3-8(13-6)7(5-10)4-9(11)12/h2-3,7H,4-5,10H2,1H3,(H,11,12)/t7-/m0/s1. The molecule has 13 heavy (non-hydrogen) atoms.